The molecule has 0 spiro atoms. The Balaban J connectivity index is 2.07. The molecule has 31 heavy (non-hydrogen) atoms. The average molecular weight is 449 g/mol. The number of aryl methyl sites for hydroxylation is 2. The van der Waals surface area contributed by atoms with Crippen LogP contribution in [0.3, 0.4) is 0 Å². The summed E-state index contributed by atoms with van der Waals surface area (Å²) in [7, 11) is -2.25. The first-order chi connectivity index (χ1) is 14.7. The molecule has 0 heterocycles. The predicted molar refractivity (Wildman–Crippen MR) is 123 cm³/mol. The Morgan fingerprint density at radius 2 is 1.87 bits per heavy atom. The number of rotatable bonds is 11. The number of carbonyl (C=O) groups is 1. The van der Waals surface area contributed by atoms with Gasteiger partial charge in [0.15, 0.2) is 0 Å². The fourth-order valence-corrected chi connectivity index (χ4v) is 4.57. The van der Waals surface area contributed by atoms with Crippen molar-refractivity contribution in [2.45, 2.75) is 39.7 Å². The number of nitrogens with zero attached hydrogens (tertiary/aromatic N) is 1. The van der Waals surface area contributed by atoms with E-state index in [1.165, 1.54) is 7.11 Å². The Morgan fingerprint density at radius 3 is 2.52 bits per heavy atom. The molecule has 0 saturated heterocycles. The molecule has 0 saturated carbocycles. The van der Waals surface area contributed by atoms with Crippen molar-refractivity contribution in [2.24, 2.45) is 0 Å². The third-order valence-corrected chi connectivity index (χ3v) is 6.08. The third-order valence-electron chi connectivity index (χ3n) is 4.85. The molecule has 0 aromatic heterocycles. The number of ether oxygens (including phenoxy) is 2. The minimum absolute atomic E-state index is 0.346. The summed E-state index contributed by atoms with van der Waals surface area (Å²) in [5, 5.41) is 2.85. The van der Waals surface area contributed by atoms with Crippen LogP contribution in [0.5, 0.6) is 11.5 Å². The second kappa shape index (κ2) is 11.0. The summed E-state index contributed by atoms with van der Waals surface area (Å²) < 4.78 is 37.2. The first-order valence-electron chi connectivity index (χ1n) is 10.3. The Hall–Kier alpha value is -2.74. The Bertz CT molecular complexity index is 991. The van der Waals surface area contributed by atoms with Gasteiger partial charge in [0.25, 0.3) is 0 Å². The quantitative estimate of drug-likeness (QED) is 0.533. The summed E-state index contributed by atoms with van der Waals surface area (Å²) in [5.41, 5.74) is 2.29. The summed E-state index contributed by atoms with van der Waals surface area (Å²) in [6, 6.07) is 12.1. The number of nitrogens with one attached hydrogen (secondary N) is 1. The molecule has 0 unspecified atom stereocenters. The maximum absolute atomic E-state index is 12.8. The maximum atomic E-state index is 12.8. The number of hydrogen-bond acceptors (Lipinski definition) is 5. The summed E-state index contributed by atoms with van der Waals surface area (Å²) >= 11 is 0. The van der Waals surface area contributed by atoms with Gasteiger partial charge in [0, 0.05) is 6.54 Å². The summed E-state index contributed by atoms with van der Waals surface area (Å²) in [5.74, 6) is 0.870. The number of anilines is 1. The van der Waals surface area contributed by atoms with Crippen LogP contribution in [-0.4, -0.2) is 46.9 Å². The highest BCUT2D eigenvalue weighted by Gasteiger charge is 2.31. The van der Waals surface area contributed by atoms with E-state index in [4.69, 9.17) is 9.47 Å². The van der Waals surface area contributed by atoms with Crippen LogP contribution in [0.2, 0.25) is 0 Å². The van der Waals surface area contributed by atoms with Crippen LogP contribution in [0.25, 0.3) is 0 Å². The van der Waals surface area contributed by atoms with Crippen LogP contribution in [0, 0.1) is 6.92 Å². The molecule has 2 rings (SSSR count). The second-order valence-electron chi connectivity index (χ2n) is 7.35. The summed E-state index contributed by atoms with van der Waals surface area (Å²) in [4.78, 5) is 12.8. The largest absolute Gasteiger partial charge is 0.495 e. The van der Waals surface area contributed by atoms with Crippen molar-refractivity contribution in [2.75, 3.05) is 30.8 Å². The minimum atomic E-state index is -3.72. The summed E-state index contributed by atoms with van der Waals surface area (Å²) in [6.45, 7) is 6.38. The van der Waals surface area contributed by atoms with Crippen molar-refractivity contribution in [1.82, 2.24) is 5.32 Å². The lowest BCUT2D eigenvalue weighted by Gasteiger charge is -2.29. The van der Waals surface area contributed by atoms with Crippen LogP contribution < -0.4 is 19.1 Å². The summed E-state index contributed by atoms with van der Waals surface area (Å²) in [6.07, 6.45) is 2.53. The lowest BCUT2D eigenvalue weighted by Crippen LogP contribution is -2.48. The fourth-order valence-electron chi connectivity index (χ4n) is 3.40. The number of methoxy groups -OCH3 is 1. The predicted octanol–water partition coefficient (Wildman–Crippen LogP) is 3.31. The molecule has 8 heteroatoms. The van der Waals surface area contributed by atoms with Gasteiger partial charge in [-0.15, -0.1) is 0 Å². The molecule has 1 amide bonds. The molecule has 0 aliphatic heterocycles. The van der Waals surface area contributed by atoms with Gasteiger partial charge in [0.1, 0.15) is 17.5 Å². The number of para-hydroxylation sites is 1. The van der Waals surface area contributed by atoms with E-state index in [1.54, 1.807) is 19.1 Å². The van der Waals surface area contributed by atoms with Gasteiger partial charge in [0.05, 0.1) is 25.7 Å². The van der Waals surface area contributed by atoms with Crippen LogP contribution in [0.1, 0.15) is 31.4 Å². The van der Waals surface area contributed by atoms with E-state index in [0.717, 1.165) is 33.9 Å². The zero-order chi connectivity index (χ0) is 23.0. The molecule has 0 bridgehead atoms. The van der Waals surface area contributed by atoms with E-state index in [-0.39, 0.29) is 5.91 Å². The Morgan fingerprint density at radius 1 is 1.16 bits per heavy atom. The van der Waals surface area contributed by atoms with Crippen molar-refractivity contribution < 1.29 is 22.7 Å². The number of hydrogen-bond donors (Lipinski definition) is 1. The molecule has 1 atom stereocenters. The Labute approximate surface area is 185 Å². The molecular weight excluding hydrogens is 416 g/mol. The van der Waals surface area contributed by atoms with Crippen molar-refractivity contribution in [1.29, 1.82) is 0 Å². The van der Waals surface area contributed by atoms with Gasteiger partial charge in [0.2, 0.25) is 15.9 Å². The highest BCUT2D eigenvalue weighted by Crippen LogP contribution is 2.32. The second-order valence-corrected chi connectivity index (χ2v) is 9.20. The van der Waals surface area contributed by atoms with Crippen LogP contribution >= 0.6 is 0 Å². The smallest absolute Gasteiger partial charge is 0.243 e. The number of amides is 1. The lowest BCUT2D eigenvalue weighted by molar-refractivity contribution is -0.121. The monoisotopic (exact) mass is 448 g/mol. The van der Waals surface area contributed by atoms with Gasteiger partial charge in [-0.25, -0.2) is 8.42 Å². The van der Waals surface area contributed by atoms with Gasteiger partial charge >= 0.3 is 0 Å². The highest BCUT2D eigenvalue weighted by molar-refractivity contribution is 7.92. The minimum Gasteiger partial charge on any atom is -0.495 e. The molecule has 0 aliphatic rings. The van der Waals surface area contributed by atoms with Gasteiger partial charge in [-0.2, -0.15) is 0 Å². The zero-order valence-corrected chi connectivity index (χ0v) is 19.7. The van der Waals surface area contributed by atoms with Crippen molar-refractivity contribution in [3.63, 3.8) is 0 Å². The molecule has 0 aliphatic carbocycles. The third kappa shape index (κ3) is 6.62. The molecule has 1 N–H and O–H groups in total. The van der Waals surface area contributed by atoms with E-state index < -0.39 is 16.1 Å². The van der Waals surface area contributed by atoms with E-state index in [9.17, 15) is 13.2 Å². The standard InChI is InChI=1S/C23H32N2O5S/c1-6-30-21-12-8-7-10-19(21)11-9-15-24-23(26)18(3)25(31(5,27)28)20-16-17(2)13-14-22(20)29-4/h7-8,10,12-14,16,18H,6,9,11,15H2,1-5H3,(H,24,26)/t18-/m1/s1. The molecule has 2 aromatic rings. The maximum Gasteiger partial charge on any atom is 0.243 e. The number of carbonyl (C=O) groups excluding carboxylic acids is 1. The Kier molecular flexibility index (Phi) is 8.74. The first-order valence-corrected chi connectivity index (χ1v) is 12.2. The number of sulfonamides is 1. The first kappa shape index (κ1) is 24.5. The normalized spacial score (nSPS) is 12.2. The topological polar surface area (TPSA) is 84.9 Å². The van der Waals surface area contributed by atoms with E-state index in [0.29, 0.717) is 31.0 Å². The molecule has 0 radical (unpaired) electrons. The van der Waals surface area contributed by atoms with E-state index in [1.807, 2.05) is 44.2 Å². The van der Waals surface area contributed by atoms with Crippen molar-refractivity contribution >= 4 is 21.6 Å². The van der Waals surface area contributed by atoms with E-state index in [2.05, 4.69) is 5.32 Å². The zero-order valence-electron chi connectivity index (χ0n) is 18.8. The van der Waals surface area contributed by atoms with Gasteiger partial charge in [-0.1, -0.05) is 24.3 Å². The molecule has 2 aromatic carbocycles. The fraction of sp³-hybridized carbons (Fsp3) is 0.435. The molecule has 0 fully saturated rings. The van der Waals surface area contributed by atoms with Crippen molar-refractivity contribution in [3.8, 4) is 11.5 Å². The number of benzene rings is 2. The van der Waals surface area contributed by atoms with Crippen LogP contribution in [0.15, 0.2) is 42.5 Å². The van der Waals surface area contributed by atoms with Crippen molar-refractivity contribution in [3.05, 3.63) is 53.6 Å². The van der Waals surface area contributed by atoms with Gasteiger partial charge < -0.3 is 14.8 Å². The highest BCUT2D eigenvalue weighted by atomic mass is 32.2. The van der Waals surface area contributed by atoms with Crippen LogP contribution in [-0.2, 0) is 21.2 Å². The van der Waals surface area contributed by atoms with Crippen LogP contribution in [0.4, 0.5) is 5.69 Å². The molecule has 170 valence electrons. The van der Waals surface area contributed by atoms with Gasteiger partial charge in [-0.05, 0) is 62.9 Å². The van der Waals surface area contributed by atoms with Gasteiger partial charge in [-0.3, -0.25) is 9.10 Å². The molecular formula is C23H32N2O5S. The lowest BCUT2D eigenvalue weighted by atomic mass is 10.1. The molecule has 7 nitrogen and oxygen atoms in total. The average Bonchev–Trinajstić information content (AvgIpc) is 2.71. The van der Waals surface area contributed by atoms with E-state index >= 15 is 0 Å². The SMILES string of the molecule is CCOc1ccccc1CCCNC(=O)[C@@H](C)N(c1cc(C)ccc1OC)S(C)(=O)=O.